The molecule has 0 atom stereocenters. The van der Waals surface area contributed by atoms with Crippen molar-refractivity contribution in [1.82, 2.24) is 9.80 Å². The number of hydrogen-bond acceptors (Lipinski definition) is 3. The predicted molar refractivity (Wildman–Crippen MR) is 96.6 cm³/mol. The molecule has 2 rings (SSSR count). The first-order valence-corrected chi connectivity index (χ1v) is 8.41. The molecule has 0 radical (unpaired) electrons. The van der Waals surface area contributed by atoms with Crippen molar-refractivity contribution < 1.29 is 9.50 Å². The lowest BCUT2D eigenvalue weighted by molar-refractivity contribution is 0.221. The fourth-order valence-corrected chi connectivity index (χ4v) is 2.69. The Hall–Kier alpha value is -1.91. The Balaban J connectivity index is 2.17. The smallest absolute Gasteiger partial charge is 0.131 e. The highest BCUT2D eigenvalue weighted by Crippen LogP contribution is 2.22. The molecule has 0 aromatic heterocycles. The van der Waals surface area contributed by atoms with Crippen LogP contribution in [-0.4, -0.2) is 42.1 Å². The van der Waals surface area contributed by atoms with Gasteiger partial charge in [0.2, 0.25) is 0 Å². The molecule has 2 aromatic carbocycles. The largest absolute Gasteiger partial charge is 0.508 e. The molecule has 0 unspecified atom stereocenters. The Morgan fingerprint density at radius 2 is 1.67 bits per heavy atom. The summed E-state index contributed by atoms with van der Waals surface area (Å²) >= 11 is 0. The SMILES string of the molecule is CCc1cccc(CN(CCN(C)C)Cc2c(O)cccc2F)c1. The zero-order valence-corrected chi connectivity index (χ0v) is 14.8. The van der Waals surface area contributed by atoms with E-state index in [1.54, 1.807) is 6.07 Å². The van der Waals surface area contributed by atoms with E-state index in [1.807, 2.05) is 14.1 Å². The molecule has 0 saturated heterocycles. The zero-order chi connectivity index (χ0) is 17.5. The van der Waals surface area contributed by atoms with Gasteiger partial charge < -0.3 is 10.0 Å². The van der Waals surface area contributed by atoms with Gasteiger partial charge in [0, 0.05) is 31.7 Å². The summed E-state index contributed by atoms with van der Waals surface area (Å²) in [6.45, 7) is 4.94. The number of phenols is 1. The normalized spacial score (nSPS) is 11.4. The van der Waals surface area contributed by atoms with Crippen molar-refractivity contribution in [2.45, 2.75) is 26.4 Å². The lowest BCUT2D eigenvalue weighted by Crippen LogP contribution is -2.31. The molecule has 0 aliphatic rings. The maximum absolute atomic E-state index is 14.1. The number of aryl methyl sites for hydroxylation is 1. The maximum Gasteiger partial charge on any atom is 0.131 e. The molecule has 1 N–H and O–H groups in total. The fourth-order valence-electron chi connectivity index (χ4n) is 2.69. The number of rotatable bonds is 8. The Labute approximate surface area is 144 Å². The zero-order valence-electron chi connectivity index (χ0n) is 14.8. The minimum absolute atomic E-state index is 0.0205. The molecule has 4 heteroatoms. The molecule has 0 aliphatic heterocycles. The summed E-state index contributed by atoms with van der Waals surface area (Å²) in [7, 11) is 4.05. The van der Waals surface area contributed by atoms with Crippen LogP contribution in [0.25, 0.3) is 0 Å². The molecule has 130 valence electrons. The molecule has 0 saturated carbocycles. The van der Waals surface area contributed by atoms with Crippen molar-refractivity contribution >= 4 is 0 Å². The summed E-state index contributed by atoms with van der Waals surface area (Å²) in [5, 5.41) is 9.99. The molecule has 0 aliphatic carbocycles. The number of hydrogen-bond donors (Lipinski definition) is 1. The first-order valence-electron chi connectivity index (χ1n) is 8.41. The summed E-state index contributed by atoms with van der Waals surface area (Å²) in [6.07, 6.45) is 1.000. The van der Waals surface area contributed by atoms with E-state index < -0.39 is 0 Å². The highest BCUT2D eigenvalue weighted by molar-refractivity contribution is 5.33. The minimum atomic E-state index is -0.354. The van der Waals surface area contributed by atoms with Gasteiger partial charge in [-0.3, -0.25) is 4.90 Å². The second kappa shape index (κ2) is 8.81. The lowest BCUT2D eigenvalue weighted by Gasteiger charge is -2.25. The van der Waals surface area contributed by atoms with Crippen molar-refractivity contribution in [2.75, 3.05) is 27.2 Å². The van der Waals surface area contributed by atoms with Crippen LogP contribution in [0.5, 0.6) is 5.75 Å². The van der Waals surface area contributed by atoms with E-state index in [9.17, 15) is 9.50 Å². The number of phenolic OH excluding ortho intramolecular Hbond substituents is 1. The van der Waals surface area contributed by atoms with Crippen molar-refractivity contribution in [2.24, 2.45) is 0 Å². The van der Waals surface area contributed by atoms with E-state index in [2.05, 4.69) is 41.0 Å². The summed E-state index contributed by atoms with van der Waals surface area (Å²) in [5.41, 5.74) is 2.88. The molecule has 0 spiro atoms. The van der Waals surface area contributed by atoms with Crippen LogP contribution in [0.3, 0.4) is 0 Å². The number of likely N-dealkylation sites (N-methyl/N-ethyl adjacent to an activating group) is 1. The Bertz CT molecular complexity index is 638. The van der Waals surface area contributed by atoms with Crippen molar-refractivity contribution in [3.63, 3.8) is 0 Å². The van der Waals surface area contributed by atoms with Gasteiger partial charge in [0.1, 0.15) is 11.6 Å². The fraction of sp³-hybridized carbons (Fsp3) is 0.400. The van der Waals surface area contributed by atoms with Gasteiger partial charge >= 0.3 is 0 Å². The summed E-state index contributed by atoms with van der Waals surface area (Å²) in [5.74, 6) is -0.334. The third-order valence-electron chi connectivity index (χ3n) is 4.15. The molecule has 2 aromatic rings. The number of halogens is 1. The van der Waals surface area contributed by atoms with Crippen molar-refractivity contribution in [3.8, 4) is 5.75 Å². The third-order valence-corrected chi connectivity index (χ3v) is 4.15. The van der Waals surface area contributed by atoms with Gasteiger partial charge in [-0.15, -0.1) is 0 Å². The quantitative estimate of drug-likeness (QED) is 0.800. The highest BCUT2D eigenvalue weighted by Gasteiger charge is 2.14. The Morgan fingerprint density at radius 3 is 2.33 bits per heavy atom. The van der Waals surface area contributed by atoms with Crippen LogP contribution in [0, 0.1) is 5.82 Å². The van der Waals surface area contributed by atoms with Crippen LogP contribution in [0.15, 0.2) is 42.5 Å². The summed E-state index contributed by atoms with van der Waals surface area (Å²) in [6, 6.07) is 13.0. The monoisotopic (exact) mass is 330 g/mol. The van der Waals surface area contributed by atoms with E-state index in [0.29, 0.717) is 12.1 Å². The van der Waals surface area contributed by atoms with Gasteiger partial charge in [0.05, 0.1) is 0 Å². The van der Waals surface area contributed by atoms with Crippen LogP contribution in [0.2, 0.25) is 0 Å². The van der Waals surface area contributed by atoms with Gasteiger partial charge in [-0.05, 0) is 43.8 Å². The molecule has 0 amide bonds. The average Bonchev–Trinajstić information content (AvgIpc) is 2.56. The first-order chi connectivity index (χ1) is 11.5. The van der Waals surface area contributed by atoms with Gasteiger partial charge in [0.15, 0.2) is 0 Å². The van der Waals surface area contributed by atoms with Crippen LogP contribution < -0.4 is 0 Å². The molecule has 3 nitrogen and oxygen atoms in total. The Morgan fingerprint density at radius 1 is 0.958 bits per heavy atom. The molecule has 24 heavy (non-hydrogen) atoms. The molecule has 0 bridgehead atoms. The highest BCUT2D eigenvalue weighted by atomic mass is 19.1. The van der Waals surface area contributed by atoms with E-state index >= 15 is 0 Å². The number of aromatic hydroxyl groups is 1. The molecular weight excluding hydrogens is 303 g/mol. The van der Waals surface area contributed by atoms with Gasteiger partial charge in [-0.25, -0.2) is 4.39 Å². The first kappa shape index (κ1) is 18.4. The second-order valence-electron chi connectivity index (χ2n) is 6.42. The molecular formula is C20H27FN2O. The van der Waals surface area contributed by atoms with E-state index in [4.69, 9.17) is 0 Å². The minimum Gasteiger partial charge on any atom is -0.508 e. The Kier molecular flexibility index (Phi) is 6.76. The molecule has 0 fully saturated rings. The maximum atomic E-state index is 14.1. The third kappa shape index (κ3) is 5.32. The lowest BCUT2D eigenvalue weighted by atomic mass is 10.1. The van der Waals surface area contributed by atoms with Crippen molar-refractivity contribution in [1.29, 1.82) is 0 Å². The van der Waals surface area contributed by atoms with Gasteiger partial charge in [-0.1, -0.05) is 37.3 Å². The average molecular weight is 330 g/mol. The van der Waals surface area contributed by atoms with Crippen LogP contribution in [0.1, 0.15) is 23.6 Å². The van der Waals surface area contributed by atoms with E-state index in [1.165, 1.54) is 23.3 Å². The topological polar surface area (TPSA) is 26.7 Å². The second-order valence-corrected chi connectivity index (χ2v) is 6.42. The van der Waals surface area contributed by atoms with Crippen LogP contribution in [0.4, 0.5) is 4.39 Å². The van der Waals surface area contributed by atoms with E-state index in [-0.39, 0.29) is 11.6 Å². The van der Waals surface area contributed by atoms with Crippen LogP contribution >= 0.6 is 0 Å². The standard InChI is InChI=1S/C20H27FN2O/c1-4-16-7-5-8-17(13-16)14-23(12-11-22(2)3)15-18-19(21)9-6-10-20(18)24/h5-10,13,24H,4,11-12,14-15H2,1-3H3. The van der Waals surface area contributed by atoms with Gasteiger partial charge in [-0.2, -0.15) is 0 Å². The summed E-state index contributed by atoms with van der Waals surface area (Å²) in [4.78, 5) is 4.28. The van der Waals surface area contributed by atoms with E-state index in [0.717, 1.165) is 26.1 Å². The number of nitrogens with zero attached hydrogens (tertiary/aromatic N) is 2. The number of benzene rings is 2. The van der Waals surface area contributed by atoms with Crippen LogP contribution in [-0.2, 0) is 19.5 Å². The predicted octanol–water partition coefficient (Wildman–Crippen LogP) is 3.66. The summed E-state index contributed by atoms with van der Waals surface area (Å²) < 4.78 is 14.1. The van der Waals surface area contributed by atoms with Gasteiger partial charge in [0.25, 0.3) is 0 Å². The molecule has 0 heterocycles. The van der Waals surface area contributed by atoms with Crippen molar-refractivity contribution in [3.05, 3.63) is 65.0 Å².